The van der Waals surface area contributed by atoms with Crippen LogP contribution in [0.15, 0.2) is 24.3 Å². The number of rotatable bonds is 2. The minimum Gasteiger partial charge on any atom is -0.481 e. The monoisotopic (exact) mass is 245 g/mol. The number of anilines is 1. The van der Waals surface area contributed by atoms with Crippen molar-refractivity contribution in [2.24, 2.45) is 5.92 Å². The number of nitrogens with zero attached hydrogens (tertiary/aromatic N) is 1. The third kappa shape index (κ3) is 1.15. The molecule has 1 aliphatic heterocycles. The summed E-state index contributed by atoms with van der Waals surface area (Å²) >= 11 is 0. The van der Waals surface area contributed by atoms with Gasteiger partial charge in [-0.15, -0.1) is 0 Å². The van der Waals surface area contributed by atoms with E-state index in [-0.39, 0.29) is 11.9 Å². The molecule has 2 aliphatic rings. The molecule has 2 atom stereocenters. The van der Waals surface area contributed by atoms with E-state index in [1.807, 2.05) is 38.1 Å². The van der Waals surface area contributed by atoms with Gasteiger partial charge >= 0.3 is 5.97 Å². The number of para-hydroxylation sites is 1. The van der Waals surface area contributed by atoms with Gasteiger partial charge in [0, 0.05) is 11.7 Å². The molecule has 4 nitrogen and oxygen atoms in total. The molecular formula is C14H15NO3. The molecule has 0 radical (unpaired) electrons. The SMILES string of the molecule is CC(C)N1C(=O)C2(CC2C(=O)O)c2ccccc21. The van der Waals surface area contributed by atoms with Crippen LogP contribution in [0.3, 0.4) is 0 Å². The van der Waals surface area contributed by atoms with E-state index in [0.717, 1.165) is 11.3 Å². The molecule has 94 valence electrons. The summed E-state index contributed by atoms with van der Waals surface area (Å²) in [6.07, 6.45) is 0.432. The van der Waals surface area contributed by atoms with E-state index in [4.69, 9.17) is 0 Å². The Hall–Kier alpha value is -1.84. The van der Waals surface area contributed by atoms with Crippen molar-refractivity contribution >= 4 is 17.6 Å². The number of hydrogen-bond donors (Lipinski definition) is 1. The molecule has 0 saturated heterocycles. The Balaban J connectivity index is 2.15. The highest BCUT2D eigenvalue weighted by Gasteiger charge is 2.70. The lowest BCUT2D eigenvalue weighted by molar-refractivity contribution is -0.140. The van der Waals surface area contributed by atoms with Crippen molar-refractivity contribution in [3.05, 3.63) is 29.8 Å². The first-order chi connectivity index (χ1) is 8.50. The second-order valence-electron chi connectivity index (χ2n) is 5.35. The van der Waals surface area contributed by atoms with Crippen molar-refractivity contribution in [3.63, 3.8) is 0 Å². The number of aliphatic carboxylic acids is 1. The number of carbonyl (C=O) groups is 2. The lowest BCUT2D eigenvalue weighted by Gasteiger charge is -2.22. The molecular weight excluding hydrogens is 230 g/mol. The summed E-state index contributed by atoms with van der Waals surface area (Å²) in [5.74, 6) is -1.48. The fourth-order valence-electron chi connectivity index (χ4n) is 3.11. The fraction of sp³-hybridized carbons (Fsp3) is 0.429. The Morgan fingerprint density at radius 1 is 1.44 bits per heavy atom. The Morgan fingerprint density at radius 3 is 2.67 bits per heavy atom. The molecule has 0 aromatic heterocycles. The van der Waals surface area contributed by atoms with Crippen LogP contribution in [0.1, 0.15) is 25.8 Å². The van der Waals surface area contributed by atoms with E-state index in [1.165, 1.54) is 0 Å². The molecule has 1 spiro atoms. The van der Waals surface area contributed by atoms with E-state index in [1.54, 1.807) is 4.90 Å². The average molecular weight is 245 g/mol. The van der Waals surface area contributed by atoms with Gasteiger partial charge in [-0.1, -0.05) is 18.2 Å². The van der Waals surface area contributed by atoms with E-state index in [2.05, 4.69) is 0 Å². The van der Waals surface area contributed by atoms with Gasteiger partial charge in [-0.05, 0) is 31.9 Å². The topological polar surface area (TPSA) is 57.6 Å². The molecule has 4 heteroatoms. The van der Waals surface area contributed by atoms with Crippen molar-refractivity contribution in [1.82, 2.24) is 0 Å². The zero-order valence-corrected chi connectivity index (χ0v) is 10.4. The van der Waals surface area contributed by atoms with Gasteiger partial charge in [0.15, 0.2) is 0 Å². The number of benzene rings is 1. The normalized spacial score (nSPS) is 28.9. The molecule has 1 aliphatic carbocycles. The summed E-state index contributed by atoms with van der Waals surface area (Å²) in [5, 5.41) is 9.18. The number of carboxylic acid groups (broad SMARTS) is 1. The fourth-order valence-corrected chi connectivity index (χ4v) is 3.11. The maximum absolute atomic E-state index is 12.6. The quantitative estimate of drug-likeness (QED) is 0.864. The van der Waals surface area contributed by atoms with Crippen molar-refractivity contribution in [2.45, 2.75) is 31.7 Å². The highest BCUT2D eigenvalue weighted by atomic mass is 16.4. The summed E-state index contributed by atoms with van der Waals surface area (Å²) < 4.78 is 0. The van der Waals surface area contributed by atoms with E-state index >= 15 is 0 Å². The maximum Gasteiger partial charge on any atom is 0.307 e. The van der Waals surface area contributed by atoms with Crippen LogP contribution in [0.5, 0.6) is 0 Å². The molecule has 1 saturated carbocycles. The van der Waals surface area contributed by atoms with Crippen molar-refractivity contribution in [2.75, 3.05) is 4.90 Å². The van der Waals surface area contributed by atoms with Crippen molar-refractivity contribution in [3.8, 4) is 0 Å². The highest BCUT2D eigenvalue weighted by molar-refractivity contribution is 6.13. The van der Waals surface area contributed by atoms with Crippen LogP contribution in [0.2, 0.25) is 0 Å². The minimum absolute atomic E-state index is 0.0491. The standard InChI is InChI=1S/C14H15NO3/c1-8(2)15-11-6-4-3-5-9(11)14(13(15)18)7-10(14)12(16)17/h3-6,8,10H,7H2,1-2H3,(H,16,17). The molecule has 1 heterocycles. The minimum atomic E-state index is -0.872. The van der Waals surface area contributed by atoms with Gasteiger partial charge in [-0.3, -0.25) is 9.59 Å². The Morgan fingerprint density at radius 2 is 2.11 bits per heavy atom. The second-order valence-corrected chi connectivity index (χ2v) is 5.35. The number of hydrogen-bond acceptors (Lipinski definition) is 2. The summed E-state index contributed by atoms with van der Waals surface area (Å²) in [6.45, 7) is 3.90. The van der Waals surface area contributed by atoms with Gasteiger partial charge in [-0.2, -0.15) is 0 Å². The van der Waals surface area contributed by atoms with Gasteiger partial charge in [0.05, 0.1) is 11.3 Å². The largest absolute Gasteiger partial charge is 0.481 e. The average Bonchev–Trinajstić information content (AvgIpc) is 3.00. The van der Waals surface area contributed by atoms with E-state index < -0.39 is 17.3 Å². The molecule has 3 rings (SSSR count). The van der Waals surface area contributed by atoms with Gasteiger partial charge < -0.3 is 10.0 Å². The Bertz CT molecular complexity index is 552. The first kappa shape index (κ1) is 11.3. The van der Waals surface area contributed by atoms with Crippen LogP contribution in [-0.4, -0.2) is 23.0 Å². The molecule has 1 aromatic carbocycles. The van der Waals surface area contributed by atoms with Gasteiger partial charge in [0.25, 0.3) is 0 Å². The third-order valence-electron chi connectivity index (χ3n) is 4.02. The van der Waals surface area contributed by atoms with Crippen molar-refractivity contribution < 1.29 is 14.7 Å². The number of carboxylic acids is 1. The molecule has 18 heavy (non-hydrogen) atoms. The molecule has 1 aromatic rings. The smallest absolute Gasteiger partial charge is 0.307 e. The van der Waals surface area contributed by atoms with Crippen LogP contribution < -0.4 is 4.90 Å². The predicted octanol–water partition coefficient (Wildman–Crippen LogP) is 1.78. The first-order valence-electron chi connectivity index (χ1n) is 6.16. The van der Waals surface area contributed by atoms with Crippen LogP contribution >= 0.6 is 0 Å². The van der Waals surface area contributed by atoms with Crippen LogP contribution in [0, 0.1) is 5.92 Å². The third-order valence-corrected chi connectivity index (χ3v) is 4.02. The van der Waals surface area contributed by atoms with Gasteiger partial charge in [-0.25, -0.2) is 0 Å². The zero-order chi connectivity index (χ0) is 13.1. The van der Waals surface area contributed by atoms with Crippen LogP contribution in [0.25, 0.3) is 0 Å². The number of carbonyl (C=O) groups excluding carboxylic acids is 1. The van der Waals surface area contributed by atoms with E-state index in [9.17, 15) is 14.7 Å². The zero-order valence-electron chi connectivity index (χ0n) is 10.4. The summed E-state index contributed by atoms with van der Waals surface area (Å²) in [5.41, 5.74) is 0.976. The Kier molecular flexibility index (Phi) is 2.09. The predicted molar refractivity (Wildman–Crippen MR) is 66.5 cm³/mol. The van der Waals surface area contributed by atoms with Gasteiger partial charge in [0.2, 0.25) is 5.91 Å². The molecule has 1 amide bonds. The Labute approximate surface area is 105 Å². The van der Waals surface area contributed by atoms with Crippen LogP contribution in [-0.2, 0) is 15.0 Å². The molecule has 1 fully saturated rings. The second kappa shape index (κ2) is 3.34. The number of fused-ring (bicyclic) bond motifs is 2. The highest BCUT2D eigenvalue weighted by Crippen LogP contribution is 2.62. The lowest BCUT2D eigenvalue weighted by Crippen LogP contribution is -2.38. The van der Waals surface area contributed by atoms with E-state index in [0.29, 0.717) is 6.42 Å². The lowest BCUT2D eigenvalue weighted by atomic mass is 9.95. The van der Waals surface area contributed by atoms with Crippen LogP contribution in [0.4, 0.5) is 5.69 Å². The van der Waals surface area contributed by atoms with Crippen molar-refractivity contribution in [1.29, 1.82) is 0 Å². The maximum atomic E-state index is 12.6. The summed E-state index contributed by atoms with van der Waals surface area (Å²) in [7, 11) is 0. The first-order valence-corrected chi connectivity index (χ1v) is 6.16. The molecule has 2 unspecified atom stereocenters. The number of amides is 1. The van der Waals surface area contributed by atoms with Gasteiger partial charge in [0.1, 0.15) is 0 Å². The summed E-state index contributed by atoms with van der Waals surface area (Å²) in [6, 6.07) is 7.60. The summed E-state index contributed by atoms with van der Waals surface area (Å²) in [4.78, 5) is 25.5. The molecule has 0 bridgehead atoms. The molecule has 1 N–H and O–H groups in total.